The molecule has 0 saturated carbocycles. The lowest BCUT2D eigenvalue weighted by atomic mass is 9.96. The van der Waals surface area contributed by atoms with Crippen molar-refractivity contribution in [2.75, 3.05) is 39.4 Å². The number of rotatable bonds is 5. The van der Waals surface area contributed by atoms with Crippen molar-refractivity contribution in [3.05, 3.63) is 77.6 Å². The summed E-state index contributed by atoms with van der Waals surface area (Å²) in [6.45, 7) is 5.72. The number of likely N-dealkylation sites (tertiary alicyclic amines) is 1. The lowest BCUT2D eigenvalue weighted by Gasteiger charge is -2.28. The van der Waals surface area contributed by atoms with Crippen LogP contribution < -0.4 is 0 Å². The van der Waals surface area contributed by atoms with Crippen LogP contribution in [0.1, 0.15) is 40.7 Å². The largest absolute Gasteiger partial charge is 0.379 e. The normalized spacial score (nSPS) is 20.0. The summed E-state index contributed by atoms with van der Waals surface area (Å²) in [6.07, 6.45) is 8.56. The molecule has 1 amide bonds. The molecule has 5 heteroatoms. The van der Waals surface area contributed by atoms with Crippen LogP contribution in [-0.2, 0) is 17.7 Å². The van der Waals surface area contributed by atoms with Crippen molar-refractivity contribution in [1.29, 1.82) is 0 Å². The average Bonchev–Trinajstić information content (AvgIpc) is 3.10. The van der Waals surface area contributed by atoms with Gasteiger partial charge in [0.05, 0.1) is 13.2 Å². The molecule has 1 atom stereocenters. The van der Waals surface area contributed by atoms with Crippen molar-refractivity contribution in [3.63, 3.8) is 0 Å². The van der Waals surface area contributed by atoms with Gasteiger partial charge in [0.2, 0.25) is 0 Å². The third-order valence-corrected chi connectivity index (χ3v) is 6.97. The lowest BCUT2D eigenvalue weighted by molar-refractivity contribution is 0.0734. The first-order valence-corrected chi connectivity index (χ1v) is 12.3. The zero-order valence-electron chi connectivity index (χ0n) is 19.3. The molecule has 0 spiro atoms. The van der Waals surface area contributed by atoms with Crippen LogP contribution >= 0.6 is 0 Å². The Morgan fingerprint density at radius 2 is 1.76 bits per heavy atom. The van der Waals surface area contributed by atoms with Crippen molar-refractivity contribution < 1.29 is 9.53 Å². The van der Waals surface area contributed by atoms with Gasteiger partial charge in [-0.05, 0) is 54.9 Å². The number of ether oxygens (including phenoxy) is 1. The maximum atomic E-state index is 13.7. The number of amides is 1. The Balaban J connectivity index is 1.32. The average molecular weight is 444 g/mol. The second kappa shape index (κ2) is 10.4. The molecule has 2 aromatic carbocycles. The van der Waals surface area contributed by atoms with Crippen LogP contribution in [-0.4, -0.2) is 60.1 Å². The molecular weight excluding hydrogens is 410 g/mol. The molecule has 3 aromatic rings. The minimum absolute atomic E-state index is 0.133. The highest BCUT2D eigenvalue weighted by atomic mass is 16.5. The summed E-state index contributed by atoms with van der Waals surface area (Å²) in [5.74, 6) is 0.382. The quantitative estimate of drug-likeness (QED) is 0.580. The van der Waals surface area contributed by atoms with E-state index in [0.29, 0.717) is 26.3 Å². The van der Waals surface area contributed by atoms with Gasteiger partial charge in [-0.2, -0.15) is 0 Å². The number of benzene rings is 2. The van der Waals surface area contributed by atoms with Crippen molar-refractivity contribution in [2.45, 2.75) is 32.2 Å². The van der Waals surface area contributed by atoms with Crippen molar-refractivity contribution in [3.8, 4) is 0 Å². The molecule has 33 heavy (non-hydrogen) atoms. The Bertz CT molecular complexity index is 1090. The zero-order valence-corrected chi connectivity index (χ0v) is 19.3. The fourth-order valence-corrected chi connectivity index (χ4v) is 5.24. The summed E-state index contributed by atoms with van der Waals surface area (Å²) in [5, 5.41) is 2.39. The fourth-order valence-electron chi connectivity index (χ4n) is 5.24. The summed E-state index contributed by atoms with van der Waals surface area (Å²) in [6, 6.07) is 16.5. The number of hydrogen-bond donors (Lipinski definition) is 0. The van der Waals surface area contributed by atoms with Crippen molar-refractivity contribution in [1.82, 2.24) is 14.8 Å². The smallest absolute Gasteiger partial charge is 0.254 e. The molecule has 2 fully saturated rings. The van der Waals surface area contributed by atoms with Gasteiger partial charge in [-0.1, -0.05) is 48.9 Å². The molecule has 5 nitrogen and oxygen atoms in total. The molecule has 0 N–H and O–H groups in total. The lowest BCUT2D eigenvalue weighted by Crippen LogP contribution is -2.37. The molecule has 1 aromatic heterocycles. The van der Waals surface area contributed by atoms with E-state index in [1.165, 1.54) is 30.2 Å². The molecule has 3 heterocycles. The van der Waals surface area contributed by atoms with Gasteiger partial charge in [-0.25, -0.2) is 0 Å². The van der Waals surface area contributed by atoms with E-state index in [1.807, 2.05) is 35.5 Å². The summed E-state index contributed by atoms with van der Waals surface area (Å²) < 4.78 is 5.94. The summed E-state index contributed by atoms with van der Waals surface area (Å²) in [4.78, 5) is 22.6. The highest BCUT2D eigenvalue weighted by Gasteiger charge is 2.26. The molecule has 2 aliphatic heterocycles. The fraction of sp³-hybridized carbons (Fsp3) is 0.429. The molecular formula is C28H33N3O2. The van der Waals surface area contributed by atoms with Crippen LogP contribution in [0.2, 0.25) is 0 Å². The van der Waals surface area contributed by atoms with E-state index >= 15 is 0 Å². The predicted octanol–water partition coefficient (Wildman–Crippen LogP) is 4.55. The van der Waals surface area contributed by atoms with Gasteiger partial charge in [-0.3, -0.25) is 14.7 Å². The van der Waals surface area contributed by atoms with Crippen LogP contribution in [0.25, 0.3) is 10.8 Å². The van der Waals surface area contributed by atoms with E-state index < -0.39 is 0 Å². The summed E-state index contributed by atoms with van der Waals surface area (Å²) >= 11 is 0. The predicted molar refractivity (Wildman–Crippen MR) is 131 cm³/mol. The molecule has 2 saturated heterocycles. The summed E-state index contributed by atoms with van der Waals surface area (Å²) in [7, 11) is 0. The third-order valence-electron chi connectivity index (χ3n) is 6.97. The van der Waals surface area contributed by atoms with Crippen LogP contribution in [0.3, 0.4) is 0 Å². The molecule has 5 rings (SSSR count). The van der Waals surface area contributed by atoms with E-state index in [1.54, 1.807) is 0 Å². The first-order valence-electron chi connectivity index (χ1n) is 12.3. The Hall–Kier alpha value is -2.76. The molecule has 0 unspecified atom stereocenters. The zero-order chi connectivity index (χ0) is 22.5. The van der Waals surface area contributed by atoms with E-state index in [0.717, 1.165) is 42.6 Å². The highest BCUT2D eigenvalue weighted by molar-refractivity contribution is 5.95. The number of carbonyl (C=O) groups excluding carboxylic acids is 1. The van der Waals surface area contributed by atoms with E-state index in [4.69, 9.17) is 4.74 Å². The second-order valence-corrected chi connectivity index (χ2v) is 9.41. The first-order chi connectivity index (χ1) is 16.3. The van der Waals surface area contributed by atoms with Crippen LogP contribution in [0.15, 0.2) is 60.9 Å². The highest BCUT2D eigenvalue weighted by Crippen LogP contribution is 2.23. The van der Waals surface area contributed by atoms with Gasteiger partial charge < -0.3 is 9.64 Å². The molecule has 2 aliphatic rings. The number of piperidine rings is 1. The van der Waals surface area contributed by atoms with Crippen LogP contribution in [0.5, 0.6) is 0 Å². The molecule has 0 radical (unpaired) electrons. The SMILES string of the molecule is O=C(c1ccccc1CN1CCCCC1)N1CCOC[C@H](Cc2cncc3ccccc23)C1. The molecule has 0 aliphatic carbocycles. The minimum atomic E-state index is 0.133. The third kappa shape index (κ3) is 5.26. The van der Waals surface area contributed by atoms with E-state index in [2.05, 4.69) is 40.2 Å². The van der Waals surface area contributed by atoms with Gasteiger partial charge in [0.15, 0.2) is 0 Å². The molecule has 172 valence electrons. The Morgan fingerprint density at radius 1 is 0.939 bits per heavy atom. The number of fused-ring (bicyclic) bond motifs is 1. The van der Waals surface area contributed by atoms with Gasteiger partial charge >= 0.3 is 0 Å². The summed E-state index contributed by atoms with van der Waals surface area (Å²) in [5.41, 5.74) is 3.21. The Morgan fingerprint density at radius 3 is 2.67 bits per heavy atom. The second-order valence-electron chi connectivity index (χ2n) is 9.41. The van der Waals surface area contributed by atoms with Gasteiger partial charge in [-0.15, -0.1) is 0 Å². The molecule has 0 bridgehead atoms. The standard InChI is InChI=1S/C28H33N3O2/c32-28(27-11-5-3-9-24(27)20-30-12-6-1-7-13-30)31-14-15-33-21-22(19-31)16-25-18-29-17-23-8-2-4-10-26(23)25/h2-5,8-11,17-18,22H,1,6-7,12-16,19-21H2/t22-/m1/s1. The van der Waals surface area contributed by atoms with Gasteiger partial charge in [0.25, 0.3) is 5.91 Å². The number of aromatic nitrogens is 1. The number of nitrogens with zero attached hydrogens (tertiary/aromatic N) is 3. The topological polar surface area (TPSA) is 45.7 Å². The maximum Gasteiger partial charge on any atom is 0.254 e. The Kier molecular flexibility index (Phi) is 6.98. The maximum absolute atomic E-state index is 13.7. The van der Waals surface area contributed by atoms with E-state index in [9.17, 15) is 4.79 Å². The van der Waals surface area contributed by atoms with Crippen LogP contribution in [0.4, 0.5) is 0 Å². The number of hydrogen-bond acceptors (Lipinski definition) is 4. The monoisotopic (exact) mass is 443 g/mol. The number of pyridine rings is 1. The van der Waals surface area contributed by atoms with Crippen molar-refractivity contribution in [2.24, 2.45) is 5.92 Å². The van der Waals surface area contributed by atoms with E-state index in [-0.39, 0.29) is 11.8 Å². The van der Waals surface area contributed by atoms with Crippen LogP contribution in [0, 0.1) is 5.92 Å². The van der Waals surface area contributed by atoms with Gasteiger partial charge in [0.1, 0.15) is 0 Å². The van der Waals surface area contributed by atoms with Crippen molar-refractivity contribution >= 4 is 16.7 Å². The first kappa shape index (κ1) is 22.1. The number of carbonyl (C=O) groups is 1. The Labute approximate surface area is 196 Å². The minimum Gasteiger partial charge on any atom is -0.379 e. The van der Waals surface area contributed by atoms with Gasteiger partial charge in [0, 0.05) is 48.9 Å².